The number of aryl methyl sites for hydroxylation is 1. The molecule has 0 aliphatic heterocycles. The molecule has 1 aromatic heterocycles. The number of amides is 1. The van der Waals surface area contributed by atoms with Crippen molar-refractivity contribution < 1.29 is 4.79 Å². The highest BCUT2D eigenvalue weighted by Crippen LogP contribution is 2.47. The van der Waals surface area contributed by atoms with Gasteiger partial charge >= 0.3 is 0 Å². The van der Waals surface area contributed by atoms with Crippen molar-refractivity contribution in [2.75, 3.05) is 0 Å². The molecule has 0 saturated heterocycles. The summed E-state index contributed by atoms with van der Waals surface area (Å²) in [6, 6.07) is 20.4. The molecule has 1 N–H and O–H groups in total. The molecule has 2 aromatic carbocycles. The van der Waals surface area contributed by atoms with Crippen LogP contribution in [0.3, 0.4) is 0 Å². The molecule has 1 aliphatic carbocycles. The van der Waals surface area contributed by atoms with Crippen LogP contribution in [-0.4, -0.2) is 15.7 Å². The molecule has 0 unspecified atom stereocenters. The maximum atomic E-state index is 12.5. The molecular weight excluding hydrogens is 322 g/mol. The first-order valence-corrected chi connectivity index (χ1v) is 9.08. The molecule has 1 aliphatic rings. The monoisotopic (exact) mass is 345 g/mol. The molecular formula is C22H23N3O. The number of carbonyl (C=O) groups is 1. The van der Waals surface area contributed by atoms with Crippen LogP contribution in [0.4, 0.5) is 0 Å². The summed E-state index contributed by atoms with van der Waals surface area (Å²) in [5.41, 5.74) is 5.43. The Bertz CT molecular complexity index is 915. The number of para-hydroxylation sites is 1. The summed E-state index contributed by atoms with van der Waals surface area (Å²) in [6.07, 6.45) is 0.942. The van der Waals surface area contributed by atoms with Crippen molar-refractivity contribution in [2.24, 2.45) is 5.92 Å². The zero-order chi connectivity index (χ0) is 18.1. The van der Waals surface area contributed by atoms with Crippen LogP contribution < -0.4 is 5.32 Å². The Balaban J connectivity index is 1.43. The van der Waals surface area contributed by atoms with E-state index >= 15 is 0 Å². The van der Waals surface area contributed by atoms with Gasteiger partial charge in [0.1, 0.15) is 0 Å². The third-order valence-electron chi connectivity index (χ3n) is 5.24. The normalized spacial score (nSPS) is 18.5. The molecule has 1 saturated carbocycles. The molecule has 26 heavy (non-hydrogen) atoms. The van der Waals surface area contributed by atoms with Gasteiger partial charge in [0, 0.05) is 23.7 Å². The van der Waals surface area contributed by atoms with Crippen molar-refractivity contribution in [1.82, 2.24) is 15.1 Å². The molecule has 1 fully saturated rings. The van der Waals surface area contributed by atoms with Crippen LogP contribution in [0.2, 0.25) is 0 Å². The van der Waals surface area contributed by atoms with Gasteiger partial charge in [0.2, 0.25) is 5.91 Å². The molecule has 4 heteroatoms. The average Bonchev–Trinajstić information content (AvgIpc) is 3.43. The number of benzene rings is 2. The fourth-order valence-corrected chi connectivity index (χ4v) is 3.61. The minimum absolute atomic E-state index is 0.0992. The van der Waals surface area contributed by atoms with Crippen LogP contribution in [0, 0.1) is 19.8 Å². The van der Waals surface area contributed by atoms with Gasteiger partial charge in [0.25, 0.3) is 0 Å². The summed E-state index contributed by atoms with van der Waals surface area (Å²) in [6.45, 7) is 4.58. The van der Waals surface area contributed by atoms with Crippen molar-refractivity contribution in [3.05, 3.63) is 83.2 Å². The van der Waals surface area contributed by atoms with Crippen molar-refractivity contribution in [1.29, 1.82) is 0 Å². The third-order valence-corrected chi connectivity index (χ3v) is 5.24. The molecule has 0 spiro atoms. The van der Waals surface area contributed by atoms with E-state index in [1.807, 2.05) is 60.1 Å². The summed E-state index contributed by atoms with van der Waals surface area (Å²) >= 11 is 0. The van der Waals surface area contributed by atoms with Crippen LogP contribution in [0.25, 0.3) is 5.69 Å². The van der Waals surface area contributed by atoms with Crippen LogP contribution in [-0.2, 0) is 11.3 Å². The molecule has 1 heterocycles. The van der Waals surface area contributed by atoms with Crippen molar-refractivity contribution in [3.63, 3.8) is 0 Å². The first-order valence-electron chi connectivity index (χ1n) is 9.08. The SMILES string of the molecule is Cc1nn(-c2ccccc2)c(C)c1CNC(=O)[C@@H]1C[C@H]1c1ccccc1. The Morgan fingerprint density at radius 3 is 2.42 bits per heavy atom. The summed E-state index contributed by atoms with van der Waals surface area (Å²) < 4.78 is 1.95. The molecule has 0 radical (unpaired) electrons. The van der Waals surface area contributed by atoms with E-state index in [0.717, 1.165) is 29.1 Å². The second-order valence-corrected chi connectivity index (χ2v) is 6.97. The lowest BCUT2D eigenvalue weighted by Crippen LogP contribution is -2.25. The van der Waals surface area contributed by atoms with E-state index in [1.54, 1.807) is 0 Å². The lowest BCUT2D eigenvalue weighted by atomic mass is 10.1. The van der Waals surface area contributed by atoms with Gasteiger partial charge in [-0.05, 0) is 43.9 Å². The number of rotatable bonds is 5. The van der Waals surface area contributed by atoms with E-state index in [4.69, 9.17) is 0 Å². The first kappa shape index (κ1) is 16.6. The molecule has 2 atom stereocenters. The predicted octanol–water partition coefficient (Wildman–Crippen LogP) is 3.91. The molecule has 4 rings (SSSR count). The second kappa shape index (κ2) is 6.79. The molecule has 4 nitrogen and oxygen atoms in total. The third kappa shape index (κ3) is 3.15. The maximum absolute atomic E-state index is 12.5. The van der Waals surface area contributed by atoms with Crippen LogP contribution in [0.1, 0.15) is 34.9 Å². The average molecular weight is 345 g/mol. The predicted molar refractivity (Wildman–Crippen MR) is 102 cm³/mol. The fraction of sp³-hybridized carbons (Fsp3) is 0.273. The number of nitrogens with zero attached hydrogens (tertiary/aromatic N) is 2. The van der Waals surface area contributed by atoms with E-state index < -0.39 is 0 Å². The summed E-state index contributed by atoms with van der Waals surface area (Å²) in [4.78, 5) is 12.5. The number of nitrogens with one attached hydrogen (secondary N) is 1. The molecule has 0 bridgehead atoms. The van der Waals surface area contributed by atoms with E-state index in [-0.39, 0.29) is 11.8 Å². The van der Waals surface area contributed by atoms with E-state index in [1.165, 1.54) is 5.56 Å². The number of aromatic nitrogens is 2. The maximum Gasteiger partial charge on any atom is 0.224 e. The highest BCUT2D eigenvalue weighted by Gasteiger charge is 2.43. The number of carbonyl (C=O) groups excluding carboxylic acids is 1. The molecule has 132 valence electrons. The van der Waals surface area contributed by atoms with Gasteiger partial charge in [-0.2, -0.15) is 5.10 Å². The van der Waals surface area contributed by atoms with Gasteiger partial charge in [-0.25, -0.2) is 4.68 Å². The Kier molecular flexibility index (Phi) is 4.33. The number of hydrogen-bond acceptors (Lipinski definition) is 2. The highest BCUT2D eigenvalue weighted by molar-refractivity contribution is 5.82. The van der Waals surface area contributed by atoms with Crippen molar-refractivity contribution in [2.45, 2.75) is 32.7 Å². The van der Waals surface area contributed by atoms with Gasteiger partial charge in [0.15, 0.2) is 0 Å². The second-order valence-electron chi connectivity index (χ2n) is 6.97. The zero-order valence-electron chi connectivity index (χ0n) is 15.1. The quantitative estimate of drug-likeness (QED) is 0.762. The summed E-state index contributed by atoms with van der Waals surface area (Å²) in [7, 11) is 0. The topological polar surface area (TPSA) is 46.9 Å². The summed E-state index contributed by atoms with van der Waals surface area (Å²) in [5.74, 6) is 0.609. The first-order chi connectivity index (χ1) is 12.6. The highest BCUT2D eigenvalue weighted by atomic mass is 16.2. The largest absolute Gasteiger partial charge is 0.352 e. The lowest BCUT2D eigenvalue weighted by molar-refractivity contribution is -0.122. The van der Waals surface area contributed by atoms with E-state index in [2.05, 4.69) is 29.5 Å². The van der Waals surface area contributed by atoms with Crippen LogP contribution in [0.5, 0.6) is 0 Å². The van der Waals surface area contributed by atoms with Crippen molar-refractivity contribution >= 4 is 5.91 Å². The summed E-state index contributed by atoms with van der Waals surface area (Å²) in [5, 5.41) is 7.76. The van der Waals surface area contributed by atoms with Crippen molar-refractivity contribution in [3.8, 4) is 5.69 Å². The smallest absolute Gasteiger partial charge is 0.224 e. The van der Waals surface area contributed by atoms with E-state index in [0.29, 0.717) is 12.5 Å². The zero-order valence-corrected chi connectivity index (χ0v) is 15.1. The van der Waals surface area contributed by atoms with Gasteiger partial charge in [-0.1, -0.05) is 48.5 Å². The van der Waals surface area contributed by atoms with Gasteiger partial charge in [0.05, 0.1) is 11.4 Å². The Hall–Kier alpha value is -2.88. The van der Waals surface area contributed by atoms with Crippen LogP contribution >= 0.6 is 0 Å². The Morgan fingerprint density at radius 2 is 1.73 bits per heavy atom. The lowest BCUT2D eigenvalue weighted by Gasteiger charge is -2.07. The van der Waals surface area contributed by atoms with Gasteiger partial charge in [-0.3, -0.25) is 4.79 Å². The minimum Gasteiger partial charge on any atom is -0.352 e. The Labute approximate surface area is 153 Å². The van der Waals surface area contributed by atoms with E-state index in [9.17, 15) is 4.79 Å². The van der Waals surface area contributed by atoms with Gasteiger partial charge in [-0.15, -0.1) is 0 Å². The molecule has 3 aromatic rings. The minimum atomic E-state index is 0.0992. The number of hydrogen-bond donors (Lipinski definition) is 1. The fourth-order valence-electron chi connectivity index (χ4n) is 3.61. The van der Waals surface area contributed by atoms with Gasteiger partial charge < -0.3 is 5.32 Å². The standard InChI is InChI=1S/C22H23N3O/c1-15-21(16(2)25(24-15)18-11-7-4-8-12-18)14-23-22(26)20-13-19(20)17-9-5-3-6-10-17/h3-12,19-20H,13-14H2,1-2H3,(H,23,26)/t19-,20+/m0/s1. The molecule has 1 amide bonds. The van der Waals surface area contributed by atoms with Crippen LogP contribution in [0.15, 0.2) is 60.7 Å². The Morgan fingerprint density at radius 1 is 1.08 bits per heavy atom.